The fourth-order valence-electron chi connectivity index (χ4n) is 1.76. The molecule has 0 fully saturated rings. The van der Waals surface area contributed by atoms with Gasteiger partial charge in [0.1, 0.15) is 12.3 Å². The molecule has 106 valence electrons. The number of methoxy groups -OCH3 is 1. The molecule has 0 aliphatic heterocycles. The van der Waals surface area contributed by atoms with Gasteiger partial charge in [-0.15, -0.1) is 0 Å². The number of nitrogens with one attached hydrogen (secondary N) is 1. The fraction of sp³-hybridized carbons (Fsp3) is 0.500. The smallest absolute Gasteiger partial charge is 0.323 e. The third-order valence-electron chi connectivity index (χ3n) is 2.74. The molecule has 0 heterocycles. The largest absolute Gasteiger partial charge is 0.495 e. The van der Waals surface area contributed by atoms with Gasteiger partial charge in [-0.2, -0.15) is 0 Å². The van der Waals surface area contributed by atoms with Crippen molar-refractivity contribution in [2.24, 2.45) is 0 Å². The van der Waals surface area contributed by atoms with Gasteiger partial charge >= 0.3 is 5.97 Å². The number of aliphatic carboxylic acids is 1. The quantitative estimate of drug-likeness (QED) is 0.786. The molecule has 0 aliphatic carbocycles. The maximum absolute atomic E-state index is 10.7. The van der Waals surface area contributed by atoms with Gasteiger partial charge in [0.05, 0.1) is 12.8 Å². The van der Waals surface area contributed by atoms with Crippen molar-refractivity contribution < 1.29 is 14.6 Å². The number of anilines is 1. The van der Waals surface area contributed by atoms with Crippen LogP contribution >= 0.6 is 0 Å². The van der Waals surface area contributed by atoms with Gasteiger partial charge in [-0.25, -0.2) is 0 Å². The first-order valence-corrected chi connectivity index (χ1v) is 6.27. The SMILES string of the molecule is COc1cc(CNC(C)C)ccc1N(C)CC(=O)O. The van der Waals surface area contributed by atoms with Crippen LogP contribution in [0.5, 0.6) is 5.75 Å². The summed E-state index contributed by atoms with van der Waals surface area (Å²) in [5.41, 5.74) is 1.89. The molecule has 1 aromatic carbocycles. The lowest BCUT2D eigenvalue weighted by Crippen LogP contribution is -2.25. The van der Waals surface area contributed by atoms with E-state index < -0.39 is 5.97 Å². The average molecular weight is 266 g/mol. The van der Waals surface area contributed by atoms with Crippen LogP contribution in [0.1, 0.15) is 19.4 Å². The van der Waals surface area contributed by atoms with E-state index in [4.69, 9.17) is 9.84 Å². The number of hydrogen-bond acceptors (Lipinski definition) is 4. The molecule has 0 unspecified atom stereocenters. The van der Waals surface area contributed by atoms with E-state index in [1.165, 1.54) is 0 Å². The molecular formula is C14H22N2O3. The summed E-state index contributed by atoms with van der Waals surface area (Å²) in [6.45, 7) is 4.88. The van der Waals surface area contributed by atoms with Crippen LogP contribution in [-0.2, 0) is 11.3 Å². The minimum absolute atomic E-state index is 0.0556. The Kier molecular flexibility index (Phi) is 5.63. The van der Waals surface area contributed by atoms with Gasteiger partial charge in [0.25, 0.3) is 0 Å². The van der Waals surface area contributed by atoms with E-state index in [0.717, 1.165) is 17.8 Å². The van der Waals surface area contributed by atoms with Crippen LogP contribution in [0.3, 0.4) is 0 Å². The number of rotatable bonds is 7. The molecule has 0 saturated carbocycles. The van der Waals surface area contributed by atoms with Crippen LogP contribution in [0.2, 0.25) is 0 Å². The van der Waals surface area contributed by atoms with E-state index in [9.17, 15) is 4.79 Å². The summed E-state index contributed by atoms with van der Waals surface area (Å²) >= 11 is 0. The van der Waals surface area contributed by atoms with Crippen molar-refractivity contribution in [2.45, 2.75) is 26.4 Å². The second-order valence-corrected chi connectivity index (χ2v) is 4.79. The van der Waals surface area contributed by atoms with Crippen molar-refractivity contribution in [1.82, 2.24) is 5.32 Å². The monoisotopic (exact) mass is 266 g/mol. The Morgan fingerprint density at radius 1 is 1.47 bits per heavy atom. The summed E-state index contributed by atoms with van der Waals surface area (Å²) in [5.74, 6) is -0.179. The molecule has 19 heavy (non-hydrogen) atoms. The fourth-order valence-corrected chi connectivity index (χ4v) is 1.76. The molecular weight excluding hydrogens is 244 g/mol. The minimum Gasteiger partial charge on any atom is -0.495 e. The average Bonchev–Trinajstić information content (AvgIpc) is 2.35. The van der Waals surface area contributed by atoms with Crippen molar-refractivity contribution in [3.63, 3.8) is 0 Å². The number of ether oxygens (including phenoxy) is 1. The molecule has 1 aromatic rings. The van der Waals surface area contributed by atoms with Crippen LogP contribution < -0.4 is 15.0 Å². The number of benzene rings is 1. The third-order valence-corrected chi connectivity index (χ3v) is 2.74. The van der Waals surface area contributed by atoms with Crippen molar-refractivity contribution in [3.8, 4) is 5.75 Å². The molecule has 0 amide bonds. The van der Waals surface area contributed by atoms with Gasteiger partial charge in [-0.05, 0) is 17.7 Å². The Labute approximate surface area is 114 Å². The summed E-state index contributed by atoms with van der Waals surface area (Å²) < 4.78 is 5.33. The summed E-state index contributed by atoms with van der Waals surface area (Å²) in [4.78, 5) is 12.4. The van der Waals surface area contributed by atoms with E-state index in [1.807, 2.05) is 18.2 Å². The number of carbonyl (C=O) groups is 1. The first-order valence-electron chi connectivity index (χ1n) is 6.27. The Balaban J connectivity index is 2.86. The topological polar surface area (TPSA) is 61.8 Å². The molecule has 0 atom stereocenters. The van der Waals surface area contributed by atoms with Crippen LogP contribution in [0.4, 0.5) is 5.69 Å². The Morgan fingerprint density at radius 3 is 2.68 bits per heavy atom. The van der Waals surface area contributed by atoms with Gasteiger partial charge < -0.3 is 20.1 Å². The second kappa shape index (κ2) is 6.99. The number of nitrogens with zero attached hydrogens (tertiary/aromatic N) is 1. The summed E-state index contributed by atoms with van der Waals surface area (Å²) in [5, 5.41) is 12.1. The normalized spacial score (nSPS) is 10.6. The van der Waals surface area contributed by atoms with E-state index in [-0.39, 0.29) is 6.54 Å². The van der Waals surface area contributed by atoms with Crippen LogP contribution in [0.25, 0.3) is 0 Å². The molecule has 0 spiro atoms. The number of carboxylic acids is 1. The van der Waals surface area contributed by atoms with Crippen LogP contribution in [-0.4, -0.2) is 37.8 Å². The summed E-state index contributed by atoms with van der Waals surface area (Å²) in [6.07, 6.45) is 0. The van der Waals surface area contributed by atoms with Crippen LogP contribution in [0.15, 0.2) is 18.2 Å². The zero-order chi connectivity index (χ0) is 14.4. The standard InChI is InChI=1S/C14H22N2O3/c1-10(2)15-8-11-5-6-12(13(7-11)19-4)16(3)9-14(17)18/h5-7,10,15H,8-9H2,1-4H3,(H,17,18). The highest BCUT2D eigenvalue weighted by molar-refractivity contribution is 5.75. The van der Waals surface area contributed by atoms with Gasteiger partial charge in [0, 0.05) is 19.6 Å². The molecule has 0 saturated heterocycles. The molecule has 2 N–H and O–H groups in total. The number of carboxylic acid groups (broad SMARTS) is 1. The van der Waals surface area contributed by atoms with Crippen molar-refractivity contribution in [3.05, 3.63) is 23.8 Å². The maximum atomic E-state index is 10.7. The first-order chi connectivity index (χ1) is 8.93. The summed E-state index contributed by atoms with van der Waals surface area (Å²) in [7, 11) is 3.32. The lowest BCUT2D eigenvalue weighted by molar-refractivity contribution is -0.135. The molecule has 0 aliphatic rings. The Morgan fingerprint density at radius 2 is 2.16 bits per heavy atom. The van der Waals surface area contributed by atoms with Gasteiger partial charge in [0.15, 0.2) is 0 Å². The Hall–Kier alpha value is -1.75. The lowest BCUT2D eigenvalue weighted by atomic mass is 10.1. The first kappa shape index (κ1) is 15.3. The van der Waals surface area contributed by atoms with E-state index in [1.54, 1.807) is 19.1 Å². The highest BCUT2D eigenvalue weighted by Gasteiger charge is 2.11. The van der Waals surface area contributed by atoms with Crippen molar-refractivity contribution >= 4 is 11.7 Å². The van der Waals surface area contributed by atoms with Crippen LogP contribution in [0, 0.1) is 0 Å². The van der Waals surface area contributed by atoms with Crippen molar-refractivity contribution in [2.75, 3.05) is 25.6 Å². The van der Waals surface area contributed by atoms with E-state index >= 15 is 0 Å². The third kappa shape index (κ3) is 4.79. The lowest BCUT2D eigenvalue weighted by Gasteiger charge is -2.20. The van der Waals surface area contributed by atoms with Gasteiger partial charge in [0.2, 0.25) is 0 Å². The second-order valence-electron chi connectivity index (χ2n) is 4.79. The minimum atomic E-state index is -0.866. The van der Waals surface area contributed by atoms with Crippen molar-refractivity contribution in [1.29, 1.82) is 0 Å². The number of hydrogen-bond donors (Lipinski definition) is 2. The Bertz CT molecular complexity index is 433. The summed E-state index contributed by atoms with van der Waals surface area (Å²) in [6, 6.07) is 6.22. The highest BCUT2D eigenvalue weighted by atomic mass is 16.5. The number of likely N-dealkylation sites (N-methyl/N-ethyl adjacent to an activating group) is 1. The highest BCUT2D eigenvalue weighted by Crippen LogP contribution is 2.28. The zero-order valence-electron chi connectivity index (χ0n) is 11.9. The predicted octanol–water partition coefficient (Wildman–Crippen LogP) is 1.71. The predicted molar refractivity (Wildman–Crippen MR) is 75.9 cm³/mol. The molecule has 0 radical (unpaired) electrons. The molecule has 1 rings (SSSR count). The molecule has 5 nitrogen and oxygen atoms in total. The molecule has 0 aromatic heterocycles. The zero-order valence-corrected chi connectivity index (χ0v) is 11.9. The molecule has 5 heteroatoms. The van der Waals surface area contributed by atoms with E-state index in [2.05, 4.69) is 19.2 Å². The molecule has 0 bridgehead atoms. The van der Waals surface area contributed by atoms with E-state index in [0.29, 0.717) is 11.8 Å². The van der Waals surface area contributed by atoms with Gasteiger partial charge in [-0.3, -0.25) is 4.79 Å². The van der Waals surface area contributed by atoms with Gasteiger partial charge in [-0.1, -0.05) is 19.9 Å². The maximum Gasteiger partial charge on any atom is 0.323 e.